The maximum absolute atomic E-state index is 13.4. The minimum Gasteiger partial charge on any atom is -0.419 e. The Kier molecular flexibility index (Phi) is 5.56. The largest absolute Gasteiger partial charge is 0.419 e. The lowest BCUT2D eigenvalue weighted by atomic mass is 10.1. The Labute approximate surface area is 203 Å². The Bertz CT molecular complexity index is 1370. The van der Waals surface area contributed by atoms with Gasteiger partial charge in [0.25, 0.3) is 17.5 Å². The van der Waals surface area contributed by atoms with Crippen molar-refractivity contribution in [1.82, 2.24) is 20.0 Å². The normalized spacial score (nSPS) is 15.8. The number of nitro groups is 1. The number of hydrogen-bond donors (Lipinski definition) is 0. The van der Waals surface area contributed by atoms with Gasteiger partial charge in [0.1, 0.15) is 11.6 Å². The molecule has 2 aliphatic rings. The van der Waals surface area contributed by atoms with Gasteiger partial charge in [0.05, 0.1) is 17.0 Å². The topological polar surface area (TPSA) is 140 Å². The number of fused-ring (bicyclic) bond motifs is 1. The molecule has 2 aromatic carbocycles. The first-order valence-electron chi connectivity index (χ1n) is 10.8. The molecular weight excluding hydrogens is 478 g/mol. The number of aromatic nitrogens is 2. The summed E-state index contributed by atoms with van der Waals surface area (Å²) < 4.78 is 5.73. The van der Waals surface area contributed by atoms with Crippen LogP contribution in [0.5, 0.6) is 0 Å². The SMILES string of the molecule is CC(C(=O)N(Cc1nnc(-c2ccc(Cl)cc2)o1)C1CC1)N1C(=O)c2cccc([N+](=O)[O-])c2C1=O. The minimum absolute atomic E-state index is 0.00224. The van der Waals surface area contributed by atoms with E-state index in [9.17, 15) is 24.5 Å². The molecule has 1 atom stereocenters. The first kappa shape index (κ1) is 22.7. The second kappa shape index (κ2) is 8.58. The molecule has 1 saturated carbocycles. The van der Waals surface area contributed by atoms with Crippen LogP contribution in [-0.4, -0.2) is 54.7 Å². The summed E-state index contributed by atoms with van der Waals surface area (Å²) in [5.74, 6) is -1.64. The lowest BCUT2D eigenvalue weighted by molar-refractivity contribution is -0.385. The van der Waals surface area contributed by atoms with Gasteiger partial charge in [-0.1, -0.05) is 17.7 Å². The third-order valence-corrected chi connectivity index (χ3v) is 6.25. The van der Waals surface area contributed by atoms with Crippen molar-refractivity contribution >= 4 is 35.0 Å². The Hall–Kier alpha value is -4.12. The molecule has 1 aliphatic carbocycles. The van der Waals surface area contributed by atoms with Gasteiger partial charge in [-0.15, -0.1) is 10.2 Å². The number of carbonyl (C=O) groups is 3. The molecule has 11 nitrogen and oxygen atoms in total. The summed E-state index contributed by atoms with van der Waals surface area (Å²) in [6.07, 6.45) is 1.51. The van der Waals surface area contributed by atoms with Crippen molar-refractivity contribution in [3.05, 3.63) is 74.6 Å². The molecule has 0 spiro atoms. The molecule has 1 unspecified atom stereocenters. The first-order valence-corrected chi connectivity index (χ1v) is 11.2. The van der Waals surface area contributed by atoms with Crippen molar-refractivity contribution in [2.24, 2.45) is 0 Å². The third kappa shape index (κ3) is 4.03. The second-order valence-corrected chi connectivity index (χ2v) is 8.75. The van der Waals surface area contributed by atoms with E-state index < -0.39 is 34.4 Å². The van der Waals surface area contributed by atoms with Crippen LogP contribution >= 0.6 is 11.6 Å². The zero-order valence-electron chi connectivity index (χ0n) is 18.4. The summed E-state index contributed by atoms with van der Waals surface area (Å²) >= 11 is 5.91. The Balaban J connectivity index is 1.37. The van der Waals surface area contributed by atoms with E-state index in [4.69, 9.17) is 16.0 Å². The van der Waals surface area contributed by atoms with Gasteiger partial charge in [0, 0.05) is 22.7 Å². The van der Waals surface area contributed by atoms with Crippen LogP contribution in [-0.2, 0) is 11.3 Å². The van der Waals surface area contributed by atoms with Crippen LogP contribution in [0, 0.1) is 10.1 Å². The summed E-state index contributed by atoms with van der Waals surface area (Å²) in [6.45, 7) is 1.43. The molecule has 3 aromatic rings. The molecule has 12 heteroatoms. The Morgan fingerprint density at radius 1 is 1.20 bits per heavy atom. The lowest BCUT2D eigenvalue weighted by Crippen LogP contribution is -2.49. The third-order valence-electron chi connectivity index (χ3n) is 6.00. The minimum atomic E-state index is -1.18. The van der Waals surface area contributed by atoms with Crippen molar-refractivity contribution in [3.8, 4) is 11.5 Å². The highest BCUT2D eigenvalue weighted by Gasteiger charge is 2.47. The van der Waals surface area contributed by atoms with Gasteiger partial charge in [-0.3, -0.25) is 29.4 Å². The highest BCUT2D eigenvalue weighted by Crippen LogP contribution is 2.34. The van der Waals surface area contributed by atoms with Crippen LogP contribution in [0.4, 0.5) is 5.69 Å². The molecule has 1 aromatic heterocycles. The first-order chi connectivity index (χ1) is 16.8. The van der Waals surface area contributed by atoms with Crippen LogP contribution in [0.1, 0.15) is 46.4 Å². The monoisotopic (exact) mass is 495 g/mol. The van der Waals surface area contributed by atoms with E-state index in [2.05, 4.69) is 10.2 Å². The van der Waals surface area contributed by atoms with E-state index in [1.54, 1.807) is 24.3 Å². The van der Waals surface area contributed by atoms with E-state index in [-0.39, 0.29) is 35.5 Å². The summed E-state index contributed by atoms with van der Waals surface area (Å²) in [6, 6.07) is 9.40. The number of rotatable bonds is 7. The molecule has 0 saturated heterocycles. The van der Waals surface area contributed by atoms with E-state index in [1.807, 2.05) is 0 Å². The van der Waals surface area contributed by atoms with Crippen molar-refractivity contribution in [2.75, 3.05) is 0 Å². The number of imide groups is 1. The predicted octanol–water partition coefficient (Wildman–Crippen LogP) is 3.47. The zero-order valence-corrected chi connectivity index (χ0v) is 19.1. The molecule has 0 radical (unpaired) electrons. The summed E-state index contributed by atoms with van der Waals surface area (Å²) in [7, 11) is 0. The molecule has 5 rings (SSSR count). The Morgan fingerprint density at radius 3 is 2.57 bits per heavy atom. The van der Waals surface area contributed by atoms with Crippen LogP contribution in [0.15, 0.2) is 46.9 Å². The molecule has 3 amide bonds. The summed E-state index contributed by atoms with van der Waals surface area (Å²) in [5, 5.41) is 20.0. The average molecular weight is 496 g/mol. The standard InChI is InChI=1S/C23H18ClN5O6/c1-12(28-22(31)16-3-2-4-17(29(33)34)19(16)23(28)32)21(30)27(15-9-10-15)11-18-25-26-20(35-18)13-5-7-14(24)8-6-13/h2-8,12,15H,9-11H2,1H3. The fourth-order valence-corrected chi connectivity index (χ4v) is 4.21. The van der Waals surface area contributed by atoms with Gasteiger partial charge in [-0.2, -0.15) is 0 Å². The second-order valence-electron chi connectivity index (χ2n) is 8.32. The zero-order chi connectivity index (χ0) is 24.9. The number of halogens is 1. The molecule has 2 heterocycles. The molecule has 35 heavy (non-hydrogen) atoms. The summed E-state index contributed by atoms with van der Waals surface area (Å²) in [4.78, 5) is 52.3. The molecule has 178 valence electrons. The van der Waals surface area contributed by atoms with Crippen LogP contribution in [0.3, 0.4) is 0 Å². The maximum atomic E-state index is 13.4. The summed E-state index contributed by atoms with van der Waals surface area (Å²) in [5.41, 5.74) is -0.197. The highest BCUT2D eigenvalue weighted by molar-refractivity contribution is 6.30. The van der Waals surface area contributed by atoms with Gasteiger partial charge in [0.15, 0.2) is 0 Å². The van der Waals surface area contributed by atoms with Crippen molar-refractivity contribution in [2.45, 2.75) is 38.4 Å². The number of nitrogens with zero attached hydrogens (tertiary/aromatic N) is 5. The van der Waals surface area contributed by atoms with Crippen LogP contribution < -0.4 is 0 Å². The molecular formula is C23H18ClN5O6. The quantitative estimate of drug-likeness (QED) is 0.275. The van der Waals surface area contributed by atoms with Gasteiger partial charge < -0.3 is 9.32 Å². The van der Waals surface area contributed by atoms with Crippen molar-refractivity contribution in [3.63, 3.8) is 0 Å². The fraction of sp³-hybridized carbons (Fsp3) is 0.261. The number of amides is 3. The van der Waals surface area contributed by atoms with Gasteiger partial charge >= 0.3 is 0 Å². The van der Waals surface area contributed by atoms with E-state index in [0.29, 0.717) is 10.6 Å². The van der Waals surface area contributed by atoms with Crippen LogP contribution in [0.2, 0.25) is 5.02 Å². The van der Waals surface area contributed by atoms with Crippen molar-refractivity contribution in [1.29, 1.82) is 0 Å². The smallest absolute Gasteiger partial charge is 0.282 e. The lowest BCUT2D eigenvalue weighted by Gasteiger charge is -2.28. The molecule has 1 fully saturated rings. The number of carbonyl (C=O) groups excluding carboxylic acids is 3. The highest BCUT2D eigenvalue weighted by atomic mass is 35.5. The van der Waals surface area contributed by atoms with Gasteiger partial charge in [-0.05, 0) is 50.1 Å². The van der Waals surface area contributed by atoms with E-state index in [1.165, 1.54) is 24.0 Å². The maximum Gasteiger partial charge on any atom is 0.282 e. The van der Waals surface area contributed by atoms with Gasteiger partial charge in [-0.25, -0.2) is 0 Å². The average Bonchev–Trinajstić information content (AvgIpc) is 3.52. The molecule has 0 bridgehead atoms. The molecule has 1 aliphatic heterocycles. The number of nitro benzene ring substituents is 1. The fourth-order valence-electron chi connectivity index (χ4n) is 4.09. The van der Waals surface area contributed by atoms with Crippen LogP contribution in [0.25, 0.3) is 11.5 Å². The molecule has 0 N–H and O–H groups in total. The number of hydrogen-bond acceptors (Lipinski definition) is 8. The number of benzene rings is 2. The van der Waals surface area contributed by atoms with Crippen molar-refractivity contribution < 1.29 is 23.7 Å². The van der Waals surface area contributed by atoms with Gasteiger partial charge in [0.2, 0.25) is 17.7 Å². The van der Waals surface area contributed by atoms with E-state index in [0.717, 1.165) is 23.8 Å². The van der Waals surface area contributed by atoms with E-state index >= 15 is 0 Å². The Morgan fingerprint density at radius 2 is 1.91 bits per heavy atom. The predicted molar refractivity (Wildman–Crippen MR) is 121 cm³/mol.